The van der Waals surface area contributed by atoms with Gasteiger partial charge in [-0.25, -0.2) is 9.78 Å². The van der Waals surface area contributed by atoms with Gasteiger partial charge in [0.05, 0.1) is 6.54 Å². The molecule has 0 aliphatic carbocycles. The summed E-state index contributed by atoms with van der Waals surface area (Å²) in [5.41, 5.74) is 0.1000. The quantitative estimate of drug-likeness (QED) is 0.917. The number of carboxylic acid groups (broad SMARTS) is 1. The molecule has 0 atom stereocenters. The molecule has 1 fully saturated rings. The van der Waals surface area contributed by atoms with Crippen molar-refractivity contribution in [2.75, 3.05) is 31.6 Å². The molecule has 0 saturated carbocycles. The number of aromatic nitrogens is 2. The standard InChI is InChI=1S/C13H16N4O3S/c1-15(8-9(18)16-4-2-3-5-16)11-10(12(19)20)17-6-7-21-13(17)14-11/h6-7H,2-5,8H2,1H3,(H,19,20). The van der Waals surface area contributed by atoms with Crippen LogP contribution >= 0.6 is 11.3 Å². The summed E-state index contributed by atoms with van der Waals surface area (Å²) in [4.78, 5) is 32.0. The Morgan fingerprint density at radius 1 is 1.43 bits per heavy atom. The number of imidazole rings is 1. The van der Waals surface area contributed by atoms with Crippen LogP contribution in [0.5, 0.6) is 0 Å². The minimum atomic E-state index is -1.05. The molecule has 2 aromatic rings. The summed E-state index contributed by atoms with van der Waals surface area (Å²) < 4.78 is 1.54. The van der Waals surface area contributed by atoms with Crippen LogP contribution in [0.15, 0.2) is 11.6 Å². The van der Waals surface area contributed by atoms with E-state index in [1.54, 1.807) is 27.9 Å². The van der Waals surface area contributed by atoms with Gasteiger partial charge in [0.25, 0.3) is 0 Å². The molecule has 21 heavy (non-hydrogen) atoms. The second-order valence-corrected chi connectivity index (χ2v) is 5.96. The van der Waals surface area contributed by atoms with Crippen molar-refractivity contribution < 1.29 is 14.7 Å². The van der Waals surface area contributed by atoms with E-state index in [0.717, 1.165) is 25.9 Å². The van der Waals surface area contributed by atoms with E-state index in [1.807, 2.05) is 4.90 Å². The van der Waals surface area contributed by atoms with E-state index in [4.69, 9.17) is 0 Å². The van der Waals surface area contributed by atoms with Crippen molar-refractivity contribution in [3.05, 3.63) is 17.3 Å². The summed E-state index contributed by atoms with van der Waals surface area (Å²) in [7, 11) is 1.70. The van der Waals surface area contributed by atoms with Crippen LogP contribution in [0, 0.1) is 0 Å². The normalized spacial score (nSPS) is 14.8. The molecule has 0 radical (unpaired) electrons. The Bertz CT molecular complexity index is 687. The Morgan fingerprint density at radius 3 is 2.81 bits per heavy atom. The second-order valence-electron chi connectivity index (χ2n) is 5.09. The Hall–Kier alpha value is -2.09. The predicted molar refractivity (Wildman–Crippen MR) is 79.1 cm³/mol. The summed E-state index contributed by atoms with van der Waals surface area (Å²) in [6.07, 6.45) is 3.75. The third-order valence-electron chi connectivity index (χ3n) is 3.64. The van der Waals surface area contributed by atoms with E-state index in [1.165, 1.54) is 11.3 Å². The minimum absolute atomic E-state index is 0.0164. The Balaban J connectivity index is 1.85. The zero-order valence-corrected chi connectivity index (χ0v) is 12.5. The van der Waals surface area contributed by atoms with Gasteiger partial charge in [-0.15, -0.1) is 11.3 Å². The molecule has 1 saturated heterocycles. The molecule has 0 aromatic carbocycles. The van der Waals surface area contributed by atoms with Crippen molar-refractivity contribution in [1.82, 2.24) is 14.3 Å². The van der Waals surface area contributed by atoms with Gasteiger partial charge in [0.15, 0.2) is 16.5 Å². The lowest BCUT2D eigenvalue weighted by atomic mass is 10.3. The summed E-state index contributed by atoms with van der Waals surface area (Å²) >= 11 is 1.37. The molecule has 3 rings (SSSR count). The van der Waals surface area contributed by atoms with Crippen LogP contribution in [0.1, 0.15) is 23.3 Å². The molecule has 0 spiro atoms. The van der Waals surface area contributed by atoms with Crippen molar-refractivity contribution in [3.8, 4) is 0 Å². The maximum absolute atomic E-state index is 12.2. The Labute approximate surface area is 125 Å². The molecule has 7 nitrogen and oxygen atoms in total. The number of likely N-dealkylation sites (tertiary alicyclic amines) is 1. The molecular formula is C13H16N4O3S. The highest BCUT2D eigenvalue weighted by molar-refractivity contribution is 7.15. The molecule has 2 aromatic heterocycles. The summed E-state index contributed by atoms with van der Waals surface area (Å²) in [5.74, 6) is -0.694. The number of rotatable bonds is 4. The number of anilines is 1. The fourth-order valence-corrected chi connectivity index (χ4v) is 3.29. The lowest BCUT2D eigenvalue weighted by molar-refractivity contribution is -0.128. The molecule has 3 heterocycles. The number of carbonyl (C=O) groups excluding carboxylic acids is 1. The lowest BCUT2D eigenvalue weighted by Crippen LogP contribution is -2.37. The van der Waals surface area contributed by atoms with Gasteiger partial charge in [-0.05, 0) is 12.8 Å². The van der Waals surface area contributed by atoms with Crippen LogP contribution in [-0.4, -0.2) is 57.9 Å². The molecule has 8 heteroatoms. The van der Waals surface area contributed by atoms with Crippen molar-refractivity contribution >= 4 is 34.0 Å². The van der Waals surface area contributed by atoms with Crippen molar-refractivity contribution in [2.24, 2.45) is 0 Å². The molecule has 1 N–H and O–H groups in total. The summed E-state index contributed by atoms with van der Waals surface area (Å²) in [5, 5.41) is 11.2. The van der Waals surface area contributed by atoms with Gasteiger partial charge in [-0.2, -0.15) is 0 Å². The predicted octanol–water partition coefficient (Wildman–Crippen LogP) is 1.15. The first-order valence-corrected chi connectivity index (χ1v) is 7.63. The third kappa shape index (κ3) is 2.46. The van der Waals surface area contributed by atoms with Gasteiger partial charge in [0.1, 0.15) is 0 Å². The molecular weight excluding hydrogens is 292 g/mol. The molecule has 1 amide bonds. The van der Waals surface area contributed by atoms with E-state index in [0.29, 0.717) is 10.8 Å². The van der Waals surface area contributed by atoms with Crippen molar-refractivity contribution in [1.29, 1.82) is 0 Å². The maximum atomic E-state index is 12.2. The van der Waals surface area contributed by atoms with Gasteiger partial charge in [-0.3, -0.25) is 9.20 Å². The first-order chi connectivity index (χ1) is 10.1. The monoisotopic (exact) mass is 308 g/mol. The van der Waals surface area contributed by atoms with Gasteiger partial charge >= 0.3 is 5.97 Å². The van der Waals surface area contributed by atoms with E-state index in [-0.39, 0.29) is 18.1 Å². The van der Waals surface area contributed by atoms with E-state index in [9.17, 15) is 14.7 Å². The highest BCUT2D eigenvalue weighted by Gasteiger charge is 2.25. The first-order valence-electron chi connectivity index (χ1n) is 6.75. The number of aromatic carboxylic acids is 1. The number of hydrogen-bond donors (Lipinski definition) is 1. The molecule has 1 aliphatic rings. The second kappa shape index (κ2) is 5.36. The highest BCUT2D eigenvalue weighted by atomic mass is 32.1. The van der Waals surface area contributed by atoms with E-state index in [2.05, 4.69) is 4.98 Å². The molecule has 112 valence electrons. The number of fused-ring (bicyclic) bond motifs is 1. The van der Waals surface area contributed by atoms with E-state index >= 15 is 0 Å². The van der Waals surface area contributed by atoms with Crippen molar-refractivity contribution in [3.63, 3.8) is 0 Å². The Kier molecular flexibility index (Phi) is 3.54. The number of nitrogens with zero attached hydrogens (tertiary/aromatic N) is 4. The van der Waals surface area contributed by atoms with Gasteiger partial charge in [-0.1, -0.05) is 0 Å². The number of hydrogen-bond acceptors (Lipinski definition) is 5. The van der Waals surface area contributed by atoms with Crippen LogP contribution < -0.4 is 4.90 Å². The maximum Gasteiger partial charge on any atom is 0.356 e. The smallest absolute Gasteiger partial charge is 0.356 e. The zero-order chi connectivity index (χ0) is 15.0. The third-order valence-corrected chi connectivity index (χ3v) is 4.40. The fourth-order valence-electron chi connectivity index (χ4n) is 2.58. The number of amides is 1. The minimum Gasteiger partial charge on any atom is -0.476 e. The Morgan fingerprint density at radius 2 is 2.14 bits per heavy atom. The highest BCUT2D eigenvalue weighted by Crippen LogP contribution is 2.24. The lowest BCUT2D eigenvalue weighted by Gasteiger charge is -2.21. The van der Waals surface area contributed by atoms with Crippen LogP contribution in [0.25, 0.3) is 4.96 Å². The average Bonchev–Trinajstić information content (AvgIpc) is 3.14. The molecule has 0 bridgehead atoms. The SMILES string of the molecule is CN(CC(=O)N1CCCC1)c1nc2sccn2c1C(=O)O. The number of thiazole rings is 1. The van der Waals surface area contributed by atoms with E-state index < -0.39 is 5.97 Å². The van der Waals surface area contributed by atoms with Crippen LogP contribution in [0.2, 0.25) is 0 Å². The zero-order valence-electron chi connectivity index (χ0n) is 11.7. The molecule has 1 aliphatic heterocycles. The summed E-state index contributed by atoms with van der Waals surface area (Å²) in [6.45, 7) is 1.72. The van der Waals surface area contributed by atoms with Gasteiger partial charge < -0.3 is 14.9 Å². The summed E-state index contributed by atoms with van der Waals surface area (Å²) in [6, 6.07) is 0. The molecule has 0 unspecified atom stereocenters. The van der Waals surface area contributed by atoms with Gasteiger partial charge in [0.2, 0.25) is 5.91 Å². The average molecular weight is 308 g/mol. The number of likely N-dealkylation sites (N-methyl/N-ethyl adjacent to an activating group) is 1. The fraction of sp³-hybridized carbons (Fsp3) is 0.462. The largest absolute Gasteiger partial charge is 0.476 e. The van der Waals surface area contributed by atoms with Crippen LogP contribution in [-0.2, 0) is 4.79 Å². The number of carboxylic acids is 1. The topological polar surface area (TPSA) is 78.2 Å². The first kappa shape index (κ1) is 13.9. The van der Waals surface area contributed by atoms with Crippen LogP contribution in [0.3, 0.4) is 0 Å². The number of carbonyl (C=O) groups is 2. The van der Waals surface area contributed by atoms with Crippen LogP contribution in [0.4, 0.5) is 5.82 Å². The van der Waals surface area contributed by atoms with Crippen molar-refractivity contribution in [2.45, 2.75) is 12.8 Å². The van der Waals surface area contributed by atoms with Gasteiger partial charge in [0, 0.05) is 31.7 Å².